The average Bonchev–Trinajstić information content (AvgIpc) is 2.39. The Bertz CT molecular complexity index is 196. The van der Waals surface area contributed by atoms with Crippen LogP contribution in [0.15, 0.2) is 0 Å². The minimum atomic E-state index is 0.541. The smallest absolute Gasteiger partial charge is 0.0599 e. The summed E-state index contributed by atoms with van der Waals surface area (Å²) in [5, 5.41) is 3.44. The topological polar surface area (TPSA) is 24.5 Å². The van der Waals surface area contributed by atoms with E-state index in [4.69, 9.17) is 4.74 Å². The second-order valence-electron chi connectivity index (χ2n) is 5.56. The minimum Gasteiger partial charge on any atom is -0.378 e. The van der Waals surface area contributed by atoms with Gasteiger partial charge in [-0.05, 0) is 51.1 Å². The normalized spacial score (nSPS) is 25.2. The lowest BCUT2D eigenvalue weighted by atomic mass is 9.96. The van der Waals surface area contributed by atoms with Crippen molar-refractivity contribution in [1.29, 1.82) is 0 Å². The van der Waals surface area contributed by atoms with Crippen LogP contribution in [0.3, 0.4) is 0 Å². The molecule has 3 heteroatoms. The molecule has 2 saturated heterocycles. The summed E-state index contributed by atoms with van der Waals surface area (Å²) in [6, 6.07) is 0. The van der Waals surface area contributed by atoms with E-state index in [-0.39, 0.29) is 0 Å². The molecule has 0 aromatic rings. The fourth-order valence-electron chi connectivity index (χ4n) is 2.97. The summed E-state index contributed by atoms with van der Waals surface area (Å²) >= 11 is 0. The van der Waals surface area contributed by atoms with E-state index in [0.717, 1.165) is 18.9 Å². The van der Waals surface area contributed by atoms with Gasteiger partial charge in [0.05, 0.1) is 6.10 Å². The Labute approximate surface area is 106 Å². The molecule has 2 aliphatic rings. The second kappa shape index (κ2) is 7.34. The molecule has 0 radical (unpaired) electrons. The standard InChI is InChI=1S/C14H28N2O/c1-2-11-17-14-5-9-16(10-6-14)12-13-3-7-15-8-4-13/h13-15H,2-12H2,1H3. The van der Waals surface area contributed by atoms with Crippen LogP contribution in [0.2, 0.25) is 0 Å². The molecule has 100 valence electrons. The monoisotopic (exact) mass is 240 g/mol. The number of rotatable bonds is 5. The molecule has 2 rings (SSSR count). The molecule has 2 heterocycles. The van der Waals surface area contributed by atoms with Crippen molar-refractivity contribution in [3.05, 3.63) is 0 Å². The number of likely N-dealkylation sites (tertiary alicyclic amines) is 1. The van der Waals surface area contributed by atoms with Gasteiger partial charge in [0.2, 0.25) is 0 Å². The maximum atomic E-state index is 5.83. The van der Waals surface area contributed by atoms with Gasteiger partial charge in [-0.3, -0.25) is 0 Å². The highest BCUT2D eigenvalue weighted by molar-refractivity contribution is 4.77. The van der Waals surface area contributed by atoms with Gasteiger partial charge < -0.3 is 15.0 Å². The molecule has 17 heavy (non-hydrogen) atoms. The van der Waals surface area contributed by atoms with E-state index < -0.39 is 0 Å². The summed E-state index contributed by atoms with van der Waals surface area (Å²) in [5.74, 6) is 0.935. The lowest BCUT2D eigenvalue weighted by Gasteiger charge is -2.35. The van der Waals surface area contributed by atoms with Gasteiger partial charge in [0.15, 0.2) is 0 Å². The Morgan fingerprint density at radius 1 is 1.12 bits per heavy atom. The zero-order valence-corrected chi connectivity index (χ0v) is 11.3. The molecule has 0 aliphatic carbocycles. The van der Waals surface area contributed by atoms with E-state index in [1.54, 1.807) is 0 Å². The Morgan fingerprint density at radius 3 is 2.47 bits per heavy atom. The molecule has 0 aromatic carbocycles. The van der Waals surface area contributed by atoms with Crippen LogP contribution in [-0.4, -0.2) is 50.3 Å². The van der Waals surface area contributed by atoms with Crippen LogP contribution in [-0.2, 0) is 4.74 Å². The SMILES string of the molecule is CCCOC1CCN(CC2CCNCC2)CC1. The third-order valence-electron chi connectivity index (χ3n) is 4.07. The summed E-state index contributed by atoms with van der Waals surface area (Å²) in [6.07, 6.45) is 6.91. The summed E-state index contributed by atoms with van der Waals surface area (Å²) in [5.41, 5.74) is 0. The van der Waals surface area contributed by atoms with Crippen molar-refractivity contribution in [2.24, 2.45) is 5.92 Å². The maximum absolute atomic E-state index is 5.83. The maximum Gasteiger partial charge on any atom is 0.0599 e. The molecule has 0 bridgehead atoms. The summed E-state index contributed by atoms with van der Waals surface area (Å²) in [7, 11) is 0. The zero-order valence-electron chi connectivity index (χ0n) is 11.3. The van der Waals surface area contributed by atoms with E-state index in [9.17, 15) is 0 Å². The summed E-state index contributed by atoms with van der Waals surface area (Å²) in [4.78, 5) is 2.65. The lowest BCUT2D eigenvalue weighted by molar-refractivity contribution is 0.00408. The van der Waals surface area contributed by atoms with Crippen LogP contribution in [0, 0.1) is 5.92 Å². The number of nitrogens with zero attached hydrogens (tertiary/aromatic N) is 1. The number of nitrogens with one attached hydrogen (secondary N) is 1. The molecule has 2 aliphatic heterocycles. The van der Waals surface area contributed by atoms with Crippen LogP contribution >= 0.6 is 0 Å². The Hall–Kier alpha value is -0.120. The van der Waals surface area contributed by atoms with Gasteiger partial charge >= 0.3 is 0 Å². The molecule has 0 spiro atoms. The van der Waals surface area contributed by atoms with E-state index in [1.807, 2.05) is 0 Å². The van der Waals surface area contributed by atoms with Crippen molar-refractivity contribution in [3.8, 4) is 0 Å². The molecular weight excluding hydrogens is 212 g/mol. The molecule has 0 amide bonds. The van der Waals surface area contributed by atoms with E-state index in [2.05, 4.69) is 17.1 Å². The number of piperidine rings is 2. The van der Waals surface area contributed by atoms with Crippen LogP contribution < -0.4 is 5.32 Å². The first-order chi connectivity index (χ1) is 8.38. The van der Waals surface area contributed by atoms with E-state index in [0.29, 0.717) is 6.10 Å². The molecule has 0 saturated carbocycles. The van der Waals surface area contributed by atoms with Crippen LogP contribution in [0.25, 0.3) is 0 Å². The number of ether oxygens (including phenoxy) is 1. The lowest BCUT2D eigenvalue weighted by Crippen LogP contribution is -2.42. The van der Waals surface area contributed by atoms with Gasteiger partial charge in [-0.15, -0.1) is 0 Å². The second-order valence-corrected chi connectivity index (χ2v) is 5.56. The average molecular weight is 240 g/mol. The first kappa shape index (κ1) is 13.3. The third kappa shape index (κ3) is 4.57. The van der Waals surface area contributed by atoms with Crippen molar-refractivity contribution in [3.63, 3.8) is 0 Å². The molecule has 2 fully saturated rings. The largest absolute Gasteiger partial charge is 0.378 e. The Balaban J connectivity index is 1.61. The Morgan fingerprint density at radius 2 is 1.82 bits per heavy atom. The molecule has 0 aromatic heterocycles. The van der Waals surface area contributed by atoms with Gasteiger partial charge in [-0.25, -0.2) is 0 Å². The Kier molecular flexibility index (Phi) is 5.75. The van der Waals surface area contributed by atoms with Crippen LogP contribution in [0.4, 0.5) is 0 Å². The molecule has 0 atom stereocenters. The van der Waals surface area contributed by atoms with Gasteiger partial charge in [-0.1, -0.05) is 6.92 Å². The molecule has 3 nitrogen and oxygen atoms in total. The molecular formula is C14H28N2O. The number of hydrogen-bond acceptors (Lipinski definition) is 3. The van der Waals surface area contributed by atoms with Crippen molar-refractivity contribution in [2.45, 2.75) is 45.1 Å². The summed E-state index contributed by atoms with van der Waals surface area (Å²) < 4.78 is 5.83. The van der Waals surface area contributed by atoms with Crippen LogP contribution in [0.5, 0.6) is 0 Å². The third-order valence-corrected chi connectivity index (χ3v) is 4.07. The zero-order chi connectivity index (χ0) is 11.9. The minimum absolute atomic E-state index is 0.541. The highest BCUT2D eigenvalue weighted by atomic mass is 16.5. The highest BCUT2D eigenvalue weighted by Crippen LogP contribution is 2.18. The number of hydrogen-bond donors (Lipinski definition) is 1. The van der Waals surface area contributed by atoms with Crippen molar-refractivity contribution < 1.29 is 4.74 Å². The van der Waals surface area contributed by atoms with Gasteiger partial charge in [0.1, 0.15) is 0 Å². The predicted molar refractivity (Wildman–Crippen MR) is 71.3 cm³/mol. The first-order valence-corrected chi connectivity index (χ1v) is 7.43. The van der Waals surface area contributed by atoms with Gasteiger partial charge in [0.25, 0.3) is 0 Å². The summed E-state index contributed by atoms with van der Waals surface area (Å²) in [6.45, 7) is 9.39. The van der Waals surface area contributed by atoms with Crippen molar-refractivity contribution in [2.75, 3.05) is 39.3 Å². The van der Waals surface area contributed by atoms with Crippen LogP contribution in [0.1, 0.15) is 39.0 Å². The highest BCUT2D eigenvalue weighted by Gasteiger charge is 2.22. The van der Waals surface area contributed by atoms with Gasteiger partial charge in [-0.2, -0.15) is 0 Å². The predicted octanol–water partition coefficient (Wildman–Crippen LogP) is 1.88. The fourth-order valence-corrected chi connectivity index (χ4v) is 2.97. The van der Waals surface area contributed by atoms with E-state index >= 15 is 0 Å². The van der Waals surface area contributed by atoms with E-state index in [1.165, 1.54) is 58.4 Å². The molecule has 1 N–H and O–H groups in total. The van der Waals surface area contributed by atoms with Crippen molar-refractivity contribution in [1.82, 2.24) is 10.2 Å². The van der Waals surface area contributed by atoms with Gasteiger partial charge in [0, 0.05) is 26.2 Å². The fraction of sp³-hybridized carbons (Fsp3) is 1.00. The molecule has 0 unspecified atom stereocenters. The first-order valence-electron chi connectivity index (χ1n) is 7.43. The van der Waals surface area contributed by atoms with Crippen molar-refractivity contribution >= 4 is 0 Å². The quantitative estimate of drug-likeness (QED) is 0.794.